The molecule has 0 bridgehead atoms. The molecule has 2 aromatic carbocycles. The SMILES string of the molecule is COc1ccc(C(=O)Nc2ccc(Cl)c(-c3ccc(CO)o3)c2)cc1[N+](=O)[O-]. The summed E-state index contributed by atoms with van der Waals surface area (Å²) >= 11 is 6.20. The third-order valence-corrected chi connectivity index (χ3v) is 4.27. The average Bonchev–Trinajstić information content (AvgIpc) is 3.17. The number of methoxy groups -OCH3 is 1. The molecule has 144 valence electrons. The number of nitro groups is 1. The highest BCUT2D eigenvalue weighted by Crippen LogP contribution is 2.32. The molecule has 0 saturated carbocycles. The molecule has 1 heterocycles. The van der Waals surface area contributed by atoms with E-state index in [1.807, 2.05) is 0 Å². The van der Waals surface area contributed by atoms with Gasteiger partial charge in [0.2, 0.25) is 0 Å². The highest BCUT2D eigenvalue weighted by atomic mass is 35.5. The second-order valence-corrected chi connectivity index (χ2v) is 6.12. The van der Waals surface area contributed by atoms with Gasteiger partial charge < -0.3 is 19.6 Å². The molecule has 0 unspecified atom stereocenters. The zero-order chi connectivity index (χ0) is 20.3. The van der Waals surface area contributed by atoms with Crippen LogP contribution in [-0.2, 0) is 6.61 Å². The van der Waals surface area contributed by atoms with Crippen molar-refractivity contribution < 1.29 is 24.0 Å². The fourth-order valence-corrected chi connectivity index (χ4v) is 2.79. The zero-order valence-electron chi connectivity index (χ0n) is 14.6. The minimum absolute atomic E-state index is 0.0628. The Labute approximate surface area is 164 Å². The molecule has 3 aromatic rings. The molecule has 2 N–H and O–H groups in total. The molecule has 0 aliphatic rings. The van der Waals surface area contributed by atoms with E-state index in [1.54, 1.807) is 30.3 Å². The van der Waals surface area contributed by atoms with Crippen LogP contribution < -0.4 is 10.1 Å². The smallest absolute Gasteiger partial charge is 0.311 e. The maximum absolute atomic E-state index is 12.5. The Hall–Kier alpha value is -3.36. The lowest BCUT2D eigenvalue weighted by atomic mass is 10.1. The van der Waals surface area contributed by atoms with E-state index < -0.39 is 10.8 Å². The number of aliphatic hydroxyl groups is 1. The molecule has 0 spiro atoms. The summed E-state index contributed by atoms with van der Waals surface area (Å²) in [4.78, 5) is 23.0. The summed E-state index contributed by atoms with van der Waals surface area (Å²) in [6.07, 6.45) is 0. The Morgan fingerprint density at radius 2 is 2.04 bits per heavy atom. The molecule has 0 aliphatic carbocycles. The van der Waals surface area contributed by atoms with Gasteiger partial charge in [0, 0.05) is 22.9 Å². The molecule has 0 atom stereocenters. The van der Waals surface area contributed by atoms with Crippen molar-refractivity contribution in [3.05, 3.63) is 75.0 Å². The first-order chi connectivity index (χ1) is 13.4. The molecule has 3 rings (SSSR count). The van der Waals surface area contributed by atoms with Crippen LogP contribution in [0.5, 0.6) is 5.75 Å². The Morgan fingerprint density at radius 3 is 2.68 bits per heavy atom. The van der Waals surface area contributed by atoms with Gasteiger partial charge in [0.15, 0.2) is 5.75 Å². The van der Waals surface area contributed by atoms with Crippen LogP contribution in [0.15, 0.2) is 52.9 Å². The molecule has 0 fully saturated rings. The van der Waals surface area contributed by atoms with Crippen molar-refractivity contribution in [2.45, 2.75) is 6.61 Å². The maximum Gasteiger partial charge on any atom is 0.311 e. The lowest BCUT2D eigenvalue weighted by molar-refractivity contribution is -0.385. The summed E-state index contributed by atoms with van der Waals surface area (Å²) in [7, 11) is 1.31. The van der Waals surface area contributed by atoms with E-state index >= 15 is 0 Å². The number of nitro benzene ring substituents is 1. The molecule has 8 nitrogen and oxygen atoms in total. The molecule has 28 heavy (non-hydrogen) atoms. The van der Waals surface area contributed by atoms with Gasteiger partial charge in [0.25, 0.3) is 5.91 Å². The molecule has 0 aliphatic heterocycles. The highest BCUT2D eigenvalue weighted by Gasteiger charge is 2.19. The molecule has 1 aromatic heterocycles. The number of furan rings is 1. The monoisotopic (exact) mass is 402 g/mol. The number of aliphatic hydroxyl groups excluding tert-OH is 1. The second-order valence-electron chi connectivity index (χ2n) is 5.72. The van der Waals surface area contributed by atoms with E-state index in [4.69, 9.17) is 25.9 Å². The standard InChI is InChI=1S/C19H15ClN2O6/c1-27-18-6-2-11(8-16(18)22(25)26)19(24)21-12-3-5-15(20)14(9-12)17-7-4-13(10-23)28-17/h2-9,23H,10H2,1H3,(H,21,24). The number of carbonyl (C=O) groups is 1. The molecular weight excluding hydrogens is 388 g/mol. The Bertz CT molecular complexity index is 1050. The molecule has 0 saturated heterocycles. The predicted octanol–water partition coefficient (Wildman–Crippen LogP) is 4.26. The first kappa shape index (κ1) is 19.4. The number of rotatable bonds is 6. The summed E-state index contributed by atoms with van der Waals surface area (Å²) in [6, 6.07) is 12.0. The quantitative estimate of drug-likeness (QED) is 0.470. The number of halogens is 1. The van der Waals surface area contributed by atoms with E-state index in [0.717, 1.165) is 6.07 Å². The van der Waals surface area contributed by atoms with Gasteiger partial charge in [0.1, 0.15) is 18.1 Å². The van der Waals surface area contributed by atoms with Gasteiger partial charge in [-0.25, -0.2) is 0 Å². The number of nitrogens with zero attached hydrogens (tertiary/aromatic N) is 1. The van der Waals surface area contributed by atoms with Crippen LogP contribution in [0.1, 0.15) is 16.1 Å². The van der Waals surface area contributed by atoms with Gasteiger partial charge in [-0.05, 0) is 42.5 Å². The lowest BCUT2D eigenvalue weighted by Gasteiger charge is -2.09. The molecule has 0 radical (unpaired) electrons. The number of amides is 1. The van der Waals surface area contributed by atoms with Crippen molar-refractivity contribution in [1.29, 1.82) is 0 Å². The van der Waals surface area contributed by atoms with Crippen molar-refractivity contribution >= 4 is 28.9 Å². The van der Waals surface area contributed by atoms with E-state index in [1.165, 1.54) is 19.2 Å². The van der Waals surface area contributed by atoms with Crippen molar-refractivity contribution in [1.82, 2.24) is 0 Å². The van der Waals surface area contributed by atoms with Gasteiger partial charge in [0.05, 0.1) is 17.1 Å². The fraction of sp³-hybridized carbons (Fsp3) is 0.105. The zero-order valence-corrected chi connectivity index (χ0v) is 15.4. The topological polar surface area (TPSA) is 115 Å². The second kappa shape index (κ2) is 8.12. The number of ether oxygens (including phenoxy) is 1. The minimum Gasteiger partial charge on any atom is -0.490 e. The van der Waals surface area contributed by atoms with E-state index in [2.05, 4.69) is 5.32 Å². The van der Waals surface area contributed by atoms with Crippen LogP contribution >= 0.6 is 11.6 Å². The van der Waals surface area contributed by atoms with Crippen LogP contribution in [0.3, 0.4) is 0 Å². The van der Waals surface area contributed by atoms with Crippen LogP contribution in [0.2, 0.25) is 5.02 Å². The summed E-state index contributed by atoms with van der Waals surface area (Å²) in [5.41, 5.74) is 0.744. The summed E-state index contributed by atoms with van der Waals surface area (Å²) in [6.45, 7) is -0.246. The van der Waals surface area contributed by atoms with Gasteiger partial charge in [-0.15, -0.1) is 0 Å². The summed E-state index contributed by atoms with van der Waals surface area (Å²) < 4.78 is 10.4. The normalized spacial score (nSPS) is 10.5. The highest BCUT2D eigenvalue weighted by molar-refractivity contribution is 6.33. The molecule has 9 heteroatoms. The van der Waals surface area contributed by atoms with Gasteiger partial charge in [-0.2, -0.15) is 0 Å². The number of benzene rings is 2. The van der Waals surface area contributed by atoms with Gasteiger partial charge in [-0.1, -0.05) is 11.6 Å². The number of anilines is 1. The van der Waals surface area contributed by atoms with Gasteiger partial charge >= 0.3 is 5.69 Å². The van der Waals surface area contributed by atoms with Crippen LogP contribution in [0, 0.1) is 10.1 Å². The maximum atomic E-state index is 12.5. The van der Waals surface area contributed by atoms with Crippen molar-refractivity contribution in [3.8, 4) is 17.1 Å². The van der Waals surface area contributed by atoms with Crippen molar-refractivity contribution in [2.24, 2.45) is 0 Å². The number of carbonyl (C=O) groups excluding carboxylic acids is 1. The summed E-state index contributed by atoms with van der Waals surface area (Å²) in [5, 5.41) is 23.3. The lowest BCUT2D eigenvalue weighted by Crippen LogP contribution is -2.12. The minimum atomic E-state index is -0.619. The van der Waals surface area contributed by atoms with E-state index in [-0.39, 0.29) is 23.6 Å². The number of hydrogen-bond acceptors (Lipinski definition) is 6. The van der Waals surface area contributed by atoms with Crippen LogP contribution in [0.4, 0.5) is 11.4 Å². The molecular formula is C19H15ClN2O6. The predicted molar refractivity (Wildman–Crippen MR) is 103 cm³/mol. The fourth-order valence-electron chi connectivity index (χ4n) is 2.58. The third-order valence-electron chi connectivity index (χ3n) is 3.94. The number of hydrogen-bond donors (Lipinski definition) is 2. The van der Waals surface area contributed by atoms with Crippen LogP contribution in [0.25, 0.3) is 11.3 Å². The van der Waals surface area contributed by atoms with E-state index in [9.17, 15) is 14.9 Å². The average molecular weight is 403 g/mol. The largest absolute Gasteiger partial charge is 0.490 e. The van der Waals surface area contributed by atoms with E-state index in [0.29, 0.717) is 27.8 Å². The Balaban J connectivity index is 1.88. The molecule has 1 amide bonds. The Morgan fingerprint density at radius 1 is 1.25 bits per heavy atom. The first-order valence-electron chi connectivity index (χ1n) is 8.06. The van der Waals surface area contributed by atoms with Crippen LogP contribution in [-0.4, -0.2) is 23.0 Å². The first-order valence-corrected chi connectivity index (χ1v) is 8.44. The third kappa shape index (κ3) is 3.98. The summed E-state index contributed by atoms with van der Waals surface area (Å²) in [5.74, 6) is 0.346. The van der Waals surface area contributed by atoms with Crippen molar-refractivity contribution in [2.75, 3.05) is 12.4 Å². The number of nitrogens with one attached hydrogen (secondary N) is 1. The van der Waals surface area contributed by atoms with Crippen molar-refractivity contribution in [3.63, 3.8) is 0 Å². The Kier molecular flexibility index (Phi) is 5.62. The van der Waals surface area contributed by atoms with Gasteiger partial charge in [-0.3, -0.25) is 14.9 Å².